The molecule has 0 radical (unpaired) electrons. The molecule has 2 aromatic carbocycles. The van der Waals surface area contributed by atoms with Crippen molar-refractivity contribution in [1.29, 1.82) is 0 Å². The third-order valence-electron chi connectivity index (χ3n) is 5.10. The predicted octanol–water partition coefficient (Wildman–Crippen LogP) is 3.00. The number of urea groups is 1. The Bertz CT molecular complexity index is 942. The van der Waals surface area contributed by atoms with E-state index in [0.29, 0.717) is 11.4 Å². The summed E-state index contributed by atoms with van der Waals surface area (Å²) in [5.41, 5.74) is 2.34. The van der Waals surface area contributed by atoms with Gasteiger partial charge in [-0.15, -0.1) is 0 Å². The number of aryl methyl sites for hydroxylation is 1. The van der Waals surface area contributed by atoms with Gasteiger partial charge in [-0.3, -0.25) is 9.80 Å². The molecule has 7 heteroatoms. The fourth-order valence-corrected chi connectivity index (χ4v) is 5.72. The summed E-state index contributed by atoms with van der Waals surface area (Å²) in [5.74, 6) is -0.538. The monoisotopic (exact) mass is 374 g/mol. The van der Waals surface area contributed by atoms with Crippen LogP contribution >= 0.6 is 0 Å². The Hall–Kier alpha value is -2.41. The molecule has 136 valence electrons. The lowest BCUT2D eigenvalue weighted by atomic mass is 10.1. The molecule has 5 nitrogen and oxygen atoms in total. The molecule has 0 N–H and O–H groups in total. The zero-order valence-corrected chi connectivity index (χ0v) is 15.1. The molecule has 0 saturated carbocycles. The van der Waals surface area contributed by atoms with Gasteiger partial charge in [0, 0.05) is 11.4 Å². The van der Waals surface area contributed by atoms with E-state index < -0.39 is 27.7 Å². The zero-order chi connectivity index (χ0) is 18.5. The topological polar surface area (TPSA) is 57.7 Å². The summed E-state index contributed by atoms with van der Waals surface area (Å²) in [4.78, 5) is 16.2. The minimum Gasteiger partial charge on any atom is -0.288 e. The average molecular weight is 374 g/mol. The highest BCUT2D eigenvalue weighted by Gasteiger charge is 2.54. The molecule has 2 fully saturated rings. The van der Waals surface area contributed by atoms with Gasteiger partial charge in [0.15, 0.2) is 9.84 Å². The van der Waals surface area contributed by atoms with Crippen molar-refractivity contribution in [3.8, 4) is 0 Å². The molecule has 4 rings (SSSR count). The van der Waals surface area contributed by atoms with Crippen molar-refractivity contribution in [2.45, 2.75) is 25.4 Å². The molecule has 0 bridgehead atoms. The fourth-order valence-electron chi connectivity index (χ4n) is 3.80. The molecule has 2 heterocycles. The number of halogens is 1. The van der Waals surface area contributed by atoms with E-state index >= 15 is 0 Å². The van der Waals surface area contributed by atoms with Crippen LogP contribution < -0.4 is 9.80 Å². The largest absolute Gasteiger partial charge is 0.329 e. The van der Waals surface area contributed by atoms with E-state index in [0.717, 1.165) is 12.0 Å². The van der Waals surface area contributed by atoms with Crippen LogP contribution in [0.15, 0.2) is 48.5 Å². The summed E-state index contributed by atoms with van der Waals surface area (Å²) < 4.78 is 37.7. The smallest absolute Gasteiger partial charge is 0.288 e. The van der Waals surface area contributed by atoms with Gasteiger partial charge in [0.25, 0.3) is 0 Å². The van der Waals surface area contributed by atoms with Crippen molar-refractivity contribution in [3.05, 3.63) is 59.9 Å². The van der Waals surface area contributed by atoms with Gasteiger partial charge in [0.1, 0.15) is 5.82 Å². The Morgan fingerprint density at radius 1 is 0.923 bits per heavy atom. The van der Waals surface area contributed by atoms with Crippen LogP contribution in [-0.4, -0.2) is 38.0 Å². The van der Waals surface area contributed by atoms with Crippen molar-refractivity contribution in [3.63, 3.8) is 0 Å². The second-order valence-corrected chi connectivity index (χ2v) is 8.88. The molecular weight excluding hydrogens is 355 g/mol. The molecule has 26 heavy (non-hydrogen) atoms. The standard InChI is InChI=1S/C19H19FN2O3S/c1-2-13-3-7-15(8-4-13)21-17-11-26(24,25)12-18(17)22(19(21)23)16-9-5-14(20)6-10-16/h3-10,17-18H,2,11-12H2,1H3/t17-,18-/m1/s1. The number of carbonyl (C=O) groups excluding carboxylic acids is 1. The highest BCUT2D eigenvalue weighted by Crippen LogP contribution is 2.38. The van der Waals surface area contributed by atoms with Crippen molar-refractivity contribution < 1.29 is 17.6 Å². The van der Waals surface area contributed by atoms with Gasteiger partial charge in [0.2, 0.25) is 0 Å². The fraction of sp³-hybridized carbons (Fsp3) is 0.316. The van der Waals surface area contributed by atoms with Gasteiger partial charge < -0.3 is 0 Å². The van der Waals surface area contributed by atoms with Gasteiger partial charge in [-0.05, 0) is 48.4 Å². The lowest BCUT2D eigenvalue weighted by Gasteiger charge is -2.23. The second kappa shape index (κ2) is 6.09. The Morgan fingerprint density at radius 2 is 1.38 bits per heavy atom. The molecule has 0 aliphatic carbocycles. The van der Waals surface area contributed by atoms with Crippen LogP contribution in [0, 0.1) is 5.82 Å². The number of hydrogen-bond acceptors (Lipinski definition) is 3. The molecule has 0 spiro atoms. The molecule has 2 amide bonds. The summed E-state index contributed by atoms with van der Waals surface area (Å²) >= 11 is 0. The molecule has 0 unspecified atom stereocenters. The van der Waals surface area contributed by atoms with Crippen LogP contribution in [0.2, 0.25) is 0 Å². The number of rotatable bonds is 3. The van der Waals surface area contributed by atoms with Crippen LogP contribution in [-0.2, 0) is 16.3 Å². The number of nitrogens with zero attached hydrogens (tertiary/aromatic N) is 2. The molecular formula is C19H19FN2O3S. The summed E-state index contributed by atoms with van der Waals surface area (Å²) in [6.07, 6.45) is 0.885. The number of anilines is 2. The maximum atomic E-state index is 13.3. The Kier molecular flexibility index (Phi) is 3.99. The van der Waals surface area contributed by atoms with Gasteiger partial charge in [-0.2, -0.15) is 0 Å². The molecule has 2 aliphatic rings. The summed E-state index contributed by atoms with van der Waals surface area (Å²) in [6.45, 7) is 2.05. The van der Waals surface area contributed by atoms with Crippen molar-refractivity contribution in [2.75, 3.05) is 21.3 Å². The quantitative estimate of drug-likeness (QED) is 0.776. The first kappa shape index (κ1) is 17.0. The van der Waals surface area contributed by atoms with E-state index in [1.54, 1.807) is 4.90 Å². The van der Waals surface area contributed by atoms with Crippen molar-refractivity contribution in [1.82, 2.24) is 0 Å². The van der Waals surface area contributed by atoms with E-state index in [4.69, 9.17) is 0 Å². The van der Waals surface area contributed by atoms with Crippen LogP contribution in [0.1, 0.15) is 12.5 Å². The average Bonchev–Trinajstić information content (AvgIpc) is 3.05. The van der Waals surface area contributed by atoms with Crippen LogP contribution in [0.5, 0.6) is 0 Å². The van der Waals surface area contributed by atoms with E-state index in [1.807, 2.05) is 31.2 Å². The predicted molar refractivity (Wildman–Crippen MR) is 98.8 cm³/mol. The number of hydrogen-bond donors (Lipinski definition) is 0. The maximum Gasteiger partial charge on any atom is 0.329 e. The summed E-state index contributed by atoms with van der Waals surface area (Å²) in [6, 6.07) is 12.0. The SMILES string of the molecule is CCc1ccc(N2C(=O)N(c3ccc(F)cc3)[C@@H]3CS(=O)(=O)C[C@H]32)cc1. The van der Waals surface area contributed by atoms with Crippen molar-refractivity contribution >= 4 is 27.2 Å². The number of sulfone groups is 1. The highest BCUT2D eigenvalue weighted by atomic mass is 32.2. The lowest BCUT2D eigenvalue weighted by Crippen LogP contribution is -2.37. The van der Waals surface area contributed by atoms with E-state index in [2.05, 4.69) is 0 Å². The molecule has 2 atom stereocenters. The molecule has 2 aromatic rings. The summed E-state index contributed by atoms with van der Waals surface area (Å²) in [7, 11) is -3.24. The highest BCUT2D eigenvalue weighted by molar-refractivity contribution is 7.91. The minimum atomic E-state index is -3.24. The molecule has 2 saturated heterocycles. The van der Waals surface area contributed by atoms with Gasteiger partial charge >= 0.3 is 6.03 Å². The van der Waals surface area contributed by atoms with E-state index in [-0.39, 0.29) is 17.5 Å². The first-order chi connectivity index (χ1) is 12.4. The number of fused-ring (bicyclic) bond motifs is 1. The summed E-state index contributed by atoms with van der Waals surface area (Å²) in [5, 5.41) is 0. The Morgan fingerprint density at radius 3 is 1.85 bits per heavy atom. The van der Waals surface area contributed by atoms with Gasteiger partial charge in [-0.25, -0.2) is 17.6 Å². The maximum absolute atomic E-state index is 13.3. The first-order valence-corrected chi connectivity index (χ1v) is 10.4. The minimum absolute atomic E-state index is 0.0589. The number of benzene rings is 2. The van der Waals surface area contributed by atoms with E-state index in [9.17, 15) is 17.6 Å². The van der Waals surface area contributed by atoms with Crippen LogP contribution in [0.3, 0.4) is 0 Å². The molecule has 0 aromatic heterocycles. The van der Waals surface area contributed by atoms with Crippen LogP contribution in [0.25, 0.3) is 0 Å². The molecule has 2 aliphatic heterocycles. The first-order valence-electron chi connectivity index (χ1n) is 8.57. The number of amides is 2. The normalized spacial score (nSPS) is 24.2. The third kappa shape index (κ3) is 2.76. The Labute approximate surface area is 152 Å². The lowest BCUT2D eigenvalue weighted by molar-refractivity contribution is 0.255. The van der Waals surface area contributed by atoms with Crippen LogP contribution in [0.4, 0.5) is 20.6 Å². The van der Waals surface area contributed by atoms with Crippen molar-refractivity contribution in [2.24, 2.45) is 0 Å². The zero-order valence-electron chi connectivity index (χ0n) is 14.3. The van der Waals surface area contributed by atoms with E-state index in [1.165, 1.54) is 29.2 Å². The Balaban J connectivity index is 1.77. The number of carbonyl (C=O) groups is 1. The third-order valence-corrected chi connectivity index (χ3v) is 6.80. The van der Waals surface area contributed by atoms with Gasteiger partial charge in [0.05, 0.1) is 23.6 Å². The second-order valence-electron chi connectivity index (χ2n) is 6.73. The van der Waals surface area contributed by atoms with Gasteiger partial charge in [-0.1, -0.05) is 19.1 Å².